The maximum Gasteiger partial charge on any atom is 0.191 e. The molecule has 2 aromatic rings. The quantitative estimate of drug-likeness (QED) is 0.436. The van der Waals surface area contributed by atoms with Crippen LogP contribution in [-0.2, 0) is 13.6 Å². The van der Waals surface area contributed by atoms with Gasteiger partial charge in [-0.25, -0.2) is 9.98 Å². The SMILES string of the molecule is CCNC(=NCc1nc2ccccc2n1C)NC(C)C(C)C.I. The predicted molar refractivity (Wildman–Crippen MR) is 108 cm³/mol. The zero-order valence-corrected chi connectivity index (χ0v) is 17.0. The summed E-state index contributed by atoms with van der Waals surface area (Å²) in [5, 5.41) is 6.74. The minimum atomic E-state index is 0. The van der Waals surface area contributed by atoms with Crippen molar-refractivity contribution < 1.29 is 0 Å². The molecule has 0 aliphatic carbocycles. The van der Waals surface area contributed by atoms with E-state index in [1.165, 1.54) is 0 Å². The second-order valence-electron chi connectivity index (χ2n) is 5.95. The number of aliphatic imine (C=N–C) groups is 1. The topological polar surface area (TPSA) is 54.2 Å². The molecule has 5 nitrogen and oxygen atoms in total. The molecule has 1 heterocycles. The second kappa shape index (κ2) is 9.10. The van der Waals surface area contributed by atoms with Crippen molar-refractivity contribution in [3.05, 3.63) is 30.1 Å². The van der Waals surface area contributed by atoms with Gasteiger partial charge >= 0.3 is 0 Å². The van der Waals surface area contributed by atoms with Gasteiger partial charge in [0.15, 0.2) is 5.96 Å². The smallest absolute Gasteiger partial charge is 0.191 e. The first-order valence-electron chi connectivity index (χ1n) is 7.98. The lowest BCUT2D eigenvalue weighted by molar-refractivity contribution is 0.480. The Labute approximate surface area is 156 Å². The normalized spacial score (nSPS) is 13.0. The summed E-state index contributed by atoms with van der Waals surface area (Å²) in [7, 11) is 2.04. The standard InChI is InChI=1S/C17H27N5.HI/c1-6-18-17(20-13(4)12(2)3)19-11-16-21-14-9-7-8-10-15(14)22(16)5;/h7-10,12-13H,6,11H2,1-5H3,(H2,18,19,20);1H. The fourth-order valence-electron chi connectivity index (χ4n) is 2.19. The van der Waals surface area contributed by atoms with Crippen molar-refractivity contribution in [2.24, 2.45) is 18.0 Å². The van der Waals surface area contributed by atoms with Crippen molar-refractivity contribution in [2.75, 3.05) is 6.54 Å². The molecule has 0 fully saturated rings. The number of benzene rings is 1. The van der Waals surface area contributed by atoms with E-state index in [2.05, 4.69) is 58.9 Å². The molecule has 6 heteroatoms. The van der Waals surface area contributed by atoms with Crippen LogP contribution < -0.4 is 10.6 Å². The third-order valence-electron chi connectivity index (χ3n) is 3.97. The van der Waals surface area contributed by atoms with Crippen molar-refractivity contribution in [3.63, 3.8) is 0 Å². The Hall–Kier alpha value is -1.31. The Kier molecular flexibility index (Phi) is 7.81. The summed E-state index contributed by atoms with van der Waals surface area (Å²) < 4.78 is 2.11. The Bertz CT molecular complexity index is 647. The highest BCUT2D eigenvalue weighted by atomic mass is 127. The lowest BCUT2D eigenvalue weighted by Gasteiger charge is -2.20. The lowest BCUT2D eigenvalue weighted by atomic mass is 10.1. The van der Waals surface area contributed by atoms with Gasteiger partial charge in [-0.05, 0) is 31.9 Å². The van der Waals surface area contributed by atoms with Gasteiger partial charge in [0.1, 0.15) is 12.4 Å². The maximum atomic E-state index is 4.67. The van der Waals surface area contributed by atoms with Crippen LogP contribution >= 0.6 is 24.0 Å². The molecule has 1 aromatic heterocycles. The first kappa shape index (κ1) is 19.7. The van der Waals surface area contributed by atoms with Crippen LogP contribution in [0.25, 0.3) is 11.0 Å². The third kappa shape index (κ3) is 5.09. The van der Waals surface area contributed by atoms with E-state index < -0.39 is 0 Å². The lowest BCUT2D eigenvalue weighted by Crippen LogP contribution is -2.44. The number of guanidine groups is 1. The number of hydrogen-bond donors (Lipinski definition) is 2. The molecule has 2 N–H and O–H groups in total. The number of nitrogens with one attached hydrogen (secondary N) is 2. The summed E-state index contributed by atoms with van der Waals surface area (Å²) in [5.41, 5.74) is 2.16. The van der Waals surface area contributed by atoms with E-state index in [4.69, 9.17) is 0 Å². The summed E-state index contributed by atoms with van der Waals surface area (Å²) in [6.45, 7) is 10.1. The Morgan fingerprint density at radius 3 is 2.57 bits per heavy atom. The number of para-hydroxylation sites is 2. The fraction of sp³-hybridized carbons (Fsp3) is 0.529. The predicted octanol–water partition coefficient (Wildman–Crippen LogP) is 3.29. The van der Waals surface area contributed by atoms with E-state index in [1.807, 2.05) is 25.2 Å². The van der Waals surface area contributed by atoms with Gasteiger partial charge in [-0.3, -0.25) is 0 Å². The van der Waals surface area contributed by atoms with E-state index in [0.29, 0.717) is 18.5 Å². The van der Waals surface area contributed by atoms with E-state index in [0.717, 1.165) is 29.4 Å². The van der Waals surface area contributed by atoms with E-state index in [1.54, 1.807) is 0 Å². The number of rotatable bonds is 5. The summed E-state index contributed by atoms with van der Waals surface area (Å²) in [6, 6.07) is 8.54. The van der Waals surface area contributed by atoms with Gasteiger partial charge in [0.25, 0.3) is 0 Å². The molecule has 0 radical (unpaired) electrons. The van der Waals surface area contributed by atoms with Crippen molar-refractivity contribution in [1.82, 2.24) is 20.2 Å². The fourth-order valence-corrected chi connectivity index (χ4v) is 2.19. The van der Waals surface area contributed by atoms with Crippen LogP contribution in [0, 0.1) is 5.92 Å². The van der Waals surface area contributed by atoms with Crippen molar-refractivity contribution >= 4 is 41.0 Å². The van der Waals surface area contributed by atoms with Crippen molar-refractivity contribution in [1.29, 1.82) is 0 Å². The molecular weight excluding hydrogens is 401 g/mol. The second-order valence-corrected chi connectivity index (χ2v) is 5.95. The van der Waals surface area contributed by atoms with Gasteiger partial charge in [0, 0.05) is 19.6 Å². The van der Waals surface area contributed by atoms with E-state index in [9.17, 15) is 0 Å². The molecule has 1 aromatic carbocycles. The zero-order valence-electron chi connectivity index (χ0n) is 14.6. The molecule has 0 saturated carbocycles. The molecule has 23 heavy (non-hydrogen) atoms. The Morgan fingerprint density at radius 1 is 1.26 bits per heavy atom. The van der Waals surface area contributed by atoms with Crippen LogP contribution in [0.1, 0.15) is 33.5 Å². The molecule has 1 unspecified atom stereocenters. The summed E-state index contributed by atoms with van der Waals surface area (Å²) >= 11 is 0. The first-order chi connectivity index (χ1) is 10.5. The van der Waals surface area contributed by atoms with Gasteiger partial charge < -0.3 is 15.2 Å². The average molecular weight is 429 g/mol. The third-order valence-corrected chi connectivity index (χ3v) is 3.97. The van der Waals surface area contributed by atoms with Crippen molar-refractivity contribution in [2.45, 2.75) is 40.3 Å². The monoisotopic (exact) mass is 429 g/mol. The van der Waals surface area contributed by atoms with Crippen LogP contribution in [0.2, 0.25) is 0 Å². The number of aryl methyl sites for hydroxylation is 1. The van der Waals surface area contributed by atoms with Gasteiger partial charge in [0.05, 0.1) is 11.0 Å². The highest BCUT2D eigenvalue weighted by molar-refractivity contribution is 14.0. The minimum Gasteiger partial charge on any atom is -0.357 e. The molecule has 0 saturated heterocycles. The number of hydrogen-bond acceptors (Lipinski definition) is 2. The number of fused-ring (bicyclic) bond motifs is 1. The summed E-state index contributed by atoms with van der Waals surface area (Å²) in [6.07, 6.45) is 0. The number of nitrogens with zero attached hydrogens (tertiary/aromatic N) is 3. The molecule has 0 aliphatic heterocycles. The number of halogens is 1. The Balaban J connectivity index is 0.00000264. The van der Waals surface area contributed by atoms with Crippen LogP contribution in [0.15, 0.2) is 29.3 Å². The molecule has 0 aliphatic rings. The number of imidazole rings is 1. The molecular formula is C17H28IN5. The molecule has 2 rings (SSSR count). The van der Waals surface area contributed by atoms with Crippen LogP contribution in [0.4, 0.5) is 0 Å². The molecule has 128 valence electrons. The van der Waals surface area contributed by atoms with Crippen LogP contribution in [-0.4, -0.2) is 28.1 Å². The summed E-state index contributed by atoms with van der Waals surface area (Å²) in [4.78, 5) is 9.33. The molecule has 0 bridgehead atoms. The summed E-state index contributed by atoms with van der Waals surface area (Å²) in [5.74, 6) is 2.37. The van der Waals surface area contributed by atoms with Gasteiger partial charge in [-0.15, -0.1) is 24.0 Å². The highest BCUT2D eigenvalue weighted by Gasteiger charge is 2.10. The maximum absolute atomic E-state index is 4.67. The van der Waals surface area contributed by atoms with Crippen LogP contribution in [0.3, 0.4) is 0 Å². The zero-order chi connectivity index (χ0) is 16.1. The highest BCUT2D eigenvalue weighted by Crippen LogP contribution is 2.14. The largest absolute Gasteiger partial charge is 0.357 e. The molecule has 1 atom stereocenters. The first-order valence-corrected chi connectivity index (χ1v) is 7.98. The van der Waals surface area contributed by atoms with Crippen molar-refractivity contribution in [3.8, 4) is 0 Å². The van der Waals surface area contributed by atoms with E-state index >= 15 is 0 Å². The Morgan fingerprint density at radius 2 is 1.96 bits per heavy atom. The van der Waals surface area contributed by atoms with Gasteiger partial charge in [-0.1, -0.05) is 26.0 Å². The minimum absolute atomic E-state index is 0. The molecule has 0 amide bonds. The number of aromatic nitrogens is 2. The average Bonchev–Trinajstić information content (AvgIpc) is 2.82. The van der Waals surface area contributed by atoms with Gasteiger partial charge in [0.2, 0.25) is 0 Å². The van der Waals surface area contributed by atoms with Gasteiger partial charge in [-0.2, -0.15) is 0 Å². The molecule has 0 spiro atoms. The van der Waals surface area contributed by atoms with E-state index in [-0.39, 0.29) is 24.0 Å². The van der Waals surface area contributed by atoms with Crippen LogP contribution in [0.5, 0.6) is 0 Å².